The van der Waals surface area contributed by atoms with Crippen LogP contribution in [-0.2, 0) is 0 Å². The van der Waals surface area contributed by atoms with Crippen molar-refractivity contribution in [3.63, 3.8) is 0 Å². The number of nitro groups is 1. The van der Waals surface area contributed by atoms with Crippen LogP contribution in [0.5, 0.6) is 0 Å². The van der Waals surface area contributed by atoms with E-state index in [9.17, 15) is 14.9 Å². The topological polar surface area (TPSA) is 110 Å². The number of nitro benzene ring substituents is 1. The first-order valence-corrected chi connectivity index (χ1v) is 6.22. The molecule has 0 unspecified atom stereocenters. The molecule has 0 aliphatic heterocycles. The maximum Gasteiger partial charge on any atom is 0.275 e. The SMILES string of the molecule is CCNc1cnc(C(=O)Nc2cccc([N+](=O)[O-])c2)cn1. The van der Waals surface area contributed by atoms with Crippen LogP contribution in [0.15, 0.2) is 36.7 Å². The number of non-ortho nitro benzene ring substituents is 1. The molecule has 0 aliphatic carbocycles. The van der Waals surface area contributed by atoms with Crippen molar-refractivity contribution >= 4 is 23.1 Å². The van der Waals surface area contributed by atoms with E-state index in [0.29, 0.717) is 18.1 Å². The highest BCUT2D eigenvalue weighted by atomic mass is 16.6. The maximum atomic E-state index is 12.0. The molecule has 1 aromatic carbocycles. The molecule has 0 aliphatic rings. The van der Waals surface area contributed by atoms with Crippen molar-refractivity contribution < 1.29 is 9.72 Å². The third-order valence-electron chi connectivity index (χ3n) is 2.56. The van der Waals surface area contributed by atoms with Gasteiger partial charge in [0.15, 0.2) is 0 Å². The van der Waals surface area contributed by atoms with E-state index < -0.39 is 10.8 Å². The fourth-order valence-electron chi connectivity index (χ4n) is 1.61. The Morgan fingerprint density at radius 2 is 2.14 bits per heavy atom. The first-order chi connectivity index (χ1) is 10.1. The van der Waals surface area contributed by atoms with Crippen molar-refractivity contribution in [1.82, 2.24) is 9.97 Å². The van der Waals surface area contributed by atoms with Crippen LogP contribution >= 0.6 is 0 Å². The second-order valence-electron chi connectivity index (χ2n) is 4.08. The summed E-state index contributed by atoms with van der Waals surface area (Å²) in [6, 6.07) is 5.68. The predicted molar refractivity (Wildman–Crippen MR) is 77.2 cm³/mol. The number of aromatic nitrogens is 2. The molecule has 0 atom stereocenters. The molecule has 0 spiro atoms. The van der Waals surface area contributed by atoms with E-state index in [0.717, 1.165) is 0 Å². The third-order valence-corrected chi connectivity index (χ3v) is 2.56. The summed E-state index contributed by atoms with van der Waals surface area (Å²) in [4.78, 5) is 30.1. The normalized spacial score (nSPS) is 9.95. The molecule has 0 fully saturated rings. The van der Waals surface area contributed by atoms with Gasteiger partial charge in [0.2, 0.25) is 0 Å². The van der Waals surface area contributed by atoms with Crippen LogP contribution in [0.2, 0.25) is 0 Å². The summed E-state index contributed by atoms with van der Waals surface area (Å²) in [6.45, 7) is 2.62. The van der Waals surface area contributed by atoms with Gasteiger partial charge < -0.3 is 10.6 Å². The second-order valence-corrected chi connectivity index (χ2v) is 4.08. The minimum atomic E-state index is -0.527. The zero-order valence-electron chi connectivity index (χ0n) is 11.2. The fraction of sp³-hybridized carbons (Fsp3) is 0.154. The molecular weight excluding hydrogens is 274 g/mol. The van der Waals surface area contributed by atoms with Gasteiger partial charge in [-0.15, -0.1) is 0 Å². The smallest absolute Gasteiger partial charge is 0.275 e. The molecule has 0 saturated carbocycles. The molecule has 2 aromatic rings. The number of carbonyl (C=O) groups is 1. The average molecular weight is 287 g/mol. The molecule has 0 bridgehead atoms. The van der Waals surface area contributed by atoms with Crippen molar-refractivity contribution in [1.29, 1.82) is 0 Å². The Hall–Kier alpha value is -3.03. The van der Waals surface area contributed by atoms with Crippen LogP contribution in [0.25, 0.3) is 0 Å². The van der Waals surface area contributed by atoms with Crippen LogP contribution in [0.1, 0.15) is 17.4 Å². The van der Waals surface area contributed by atoms with Crippen LogP contribution in [0.4, 0.5) is 17.2 Å². The summed E-state index contributed by atoms with van der Waals surface area (Å²) in [6.07, 6.45) is 2.79. The van der Waals surface area contributed by atoms with Gasteiger partial charge in [-0.05, 0) is 13.0 Å². The number of rotatable bonds is 5. The van der Waals surface area contributed by atoms with Crippen molar-refractivity contribution in [3.8, 4) is 0 Å². The summed E-state index contributed by atoms with van der Waals surface area (Å²) in [5.41, 5.74) is 0.358. The number of benzene rings is 1. The molecule has 108 valence electrons. The van der Waals surface area contributed by atoms with Gasteiger partial charge in [-0.3, -0.25) is 14.9 Å². The lowest BCUT2D eigenvalue weighted by Crippen LogP contribution is -2.14. The quantitative estimate of drug-likeness (QED) is 0.643. The number of hydrogen-bond donors (Lipinski definition) is 2. The zero-order chi connectivity index (χ0) is 15.2. The number of anilines is 2. The summed E-state index contributed by atoms with van der Waals surface area (Å²) >= 11 is 0. The molecule has 2 rings (SSSR count). The lowest BCUT2D eigenvalue weighted by molar-refractivity contribution is -0.384. The van der Waals surface area contributed by atoms with Crippen LogP contribution in [0, 0.1) is 10.1 Å². The Balaban J connectivity index is 2.10. The van der Waals surface area contributed by atoms with Gasteiger partial charge in [0.1, 0.15) is 11.5 Å². The Bertz CT molecular complexity index is 657. The van der Waals surface area contributed by atoms with Crippen LogP contribution in [-0.4, -0.2) is 27.3 Å². The molecule has 2 N–H and O–H groups in total. The van der Waals surface area contributed by atoms with Gasteiger partial charge in [-0.2, -0.15) is 0 Å². The first kappa shape index (κ1) is 14.4. The van der Waals surface area contributed by atoms with Gasteiger partial charge in [0.25, 0.3) is 11.6 Å². The molecule has 1 aromatic heterocycles. The lowest BCUT2D eigenvalue weighted by Gasteiger charge is -2.05. The van der Waals surface area contributed by atoms with E-state index in [1.165, 1.54) is 30.6 Å². The summed E-state index contributed by atoms with van der Waals surface area (Å²) in [7, 11) is 0. The van der Waals surface area contributed by atoms with Gasteiger partial charge in [-0.1, -0.05) is 6.07 Å². The zero-order valence-corrected chi connectivity index (χ0v) is 11.2. The molecule has 21 heavy (non-hydrogen) atoms. The van der Waals surface area contributed by atoms with Crippen LogP contribution in [0.3, 0.4) is 0 Å². The molecular formula is C13H13N5O3. The number of nitrogens with one attached hydrogen (secondary N) is 2. The van der Waals surface area contributed by atoms with Gasteiger partial charge >= 0.3 is 0 Å². The molecule has 0 saturated heterocycles. The van der Waals surface area contributed by atoms with E-state index in [1.54, 1.807) is 6.07 Å². The largest absolute Gasteiger partial charge is 0.369 e. The number of carbonyl (C=O) groups excluding carboxylic acids is 1. The van der Waals surface area contributed by atoms with E-state index in [1.807, 2.05) is 6.92 Å². The van der Waals surface area contributed by atoms with E-state index in [4.69, 9.17) is 0 Å². The van der Waals surface area contributed by atoms with E-state index in [2.05, 4.69) is 20.6 Å². The summed E-state index contributed by atoms with van der Waals surface area (Å²) in [5.74, 6) is 0.0930. The van der Waals surface area contributed by atoms with Crippen molar-refractivity contribution in [3.05, 3.63) is 52.5 Å². The average Bonchev–Trinajstić information content (AvgIpc) is 2.48. The highest BCUT2D eigenvalue weighted by molar-refractivity contribution is 6.02. The van der Waals surface area contributed by atoms with Crippen molar-refractivity contribution in [2.75, 3.05) is 17.2 Å². The number of nitrogens with zero attached hydrogens (tertiary/aromatic N) is 3. The molecule has 0 radical (unpaired) electrons. The first-order valence-electron chi connectivity index (χ1n) is 6.22. The van der Waals surface area contributed by atoms with Crippen LogP contribution < -0.4 is 10.6 Å². The number of amides is 1. The second kappa shape index (κ2) is 6.42. The van der Waals surface area contributed by atoms with Crippen molar-refractivity contribution in [2.45, 2.75) is 6.92 Å². The fourth-order valence-corrected chi connectivity index (χ4v) is 1.61. The minimum absolute atomic E-state index is 0.0959. The predicted octanol–water partition coefficient (Wildman–Crippen LogP) is 2.07. The Kier molecular flexibility index (Phi) is 4.39. The highest BCUT2D eigenvalue weighted by Crippen LogP contribution is 2.17. The minimum Gasteiger partial charge on any atom is -0.369 e. The molecule has 1 heterocycles. The lowest BCUT2D eigenvalue weighted by atomic mass is 10.2. The summed E-state index contributed by atoms with van der Waals surface area (Å²) < 4.78 is 0. The monoisotopic (exact) mass is 287 g/mol. The molecule has 8 nitrogen and oxygen atoms in total. The van der Waals surface area contributed by atoms with Gasteiger partial charge in [-0.25, -0.2) is 9.97 Å². The van der Waals surface area contributed by atoms with Crippen molar-refractivity contribution in [2.24, 2.45) is 0 Å². The number of hydrogen-bond acceptors (Lipinski definition) is 6. The Morgan fingerprint density at radius 1 is 1.33 bits per heavy atom. The van der Waals surface area contributed by atoms with E-state index >= 15 is 0 Å². The molecule has 1 amide bonds. The Labute approximate surface area is 120 Å². The highest BCUT2D eigenvalue weighted by Gasteiger charge is 2.11. The standard InChI is InChI=1S/C13H13N5O3/c1-2-14-12-8-15-11(7-16-12)13(19)17-9-4-3-5-10(6-9)18(20)21/h3-8H,2H2,1H3,(H,14,16)(H,17,19). The Morgan fingerprint density at radius 3 is 2.76 bits per heavy atom. The third kappa shape index (κ3) is 3.72. The summed E-state index contributed by atoms with van der Waals surface area (Å²) in [5, 5.41) is 16.2. The maximum absolute atomic E-state index is 12.0. The molecule has 8 heteroatoms. The van der Waals surface area contributed by atoms with E-state index in [-0.39, 0.29) is 11.4 Å². The van der Waals surface area contributed by atoms with Gasteiger partial charge in [0.05, 0.1) is 17.3 Å². The van der Waals surface area contributed by atoms with Gasteiger partial charge in [0, 0.05) is 24.4 Å².